The predicted molar refractivity (Wildman–Crippen MR) is 129 cm³/mol. The van der Waals surface area contributed by atoms with Gasteiger partial charge >= 0.3 is 6.01 Å². The number of aryl methyl sites for hydroxylation is 2. The zero-order valence-electron chi connectivity index (χ0n) is 19.6. The van der Waals surface area contributed by atoms with Crippen molar-refractivity contribution in [3.05, 3.63) is 53.6 Å². The number of amides is 1. The Labute approximate surface area is 204 Å². The second-order valence-electron chi connectivity index (χ2n) is 8.64. The normalized spacial score (nSPS) is 15.7. The summed E-state index contributed by atoms with van der Waals surface area (Å²) in [6.45, 7) is 4.20. The molecule has 0 bridgehead atoms. The largest absolute Gasteiger partial charge is 0.403 e. The highest BCUT2D eigenvalue weighted by Gasteiger charge is 2.32. The highest BCUT2D eigenvalue weighted by Crippen LogP contribution is 2.27. The SMILES string of the molecule is Cc1ccc(C)c(-c2nnc(NC(=O)C3CCN(S(=O)(=O)c4ccc(S(C)(=O)=O)cc4)CC3)o2)c1. The van der Waals surface area contributed by atoms with Crippen molar-refractivity contribution in [1.29, 1.82) is 0 Å². The van der Waals surface area contributed by atoms with Gasteiger partial charge in [-0.15, -0.1) is 5.10 Å². The summed E-state index contributed by atoms with van der Waals surface area (Å²) in [4.78, 5) is 12.8. The Bertz CT molecular complexity index is 1460. The zero-order chi connectivity index (χ0) is 25.4. The summed E-state index contributed by atoms with van der Waals surface area (Å²) in [6.07, 6.45) is 1.71. The van der Waals surface area contributed by atoms with Gasteiger partial charge in [0.2, 0.25) is 21.8 Å². The molecule has 12 heteroatoms. The lowest BCUT2D eigenvalue weighted by molar-refractivity contribution is -0.121. The van der Waals surface area contributed by atoms with Crippen LogP contribution in [0.3, 0.4) is 0 Å². The van der Waals surface area contributed by atoms with Crippen LogP contribution < -0.4 is 5.32 Å². The van der Waals surface area contributed by atoms with E-state index in [2.05, 4.69) is 15.5 Å². The first kappa shape index (κ1) is 25.0. The number of carbonyl (C=O) groups is 1. The van der Waals surface area contributed by atoms with Crippen molar-refractivity contribution in [1.82, 2.24) is 14.5 Å². The highest BCUT2D eigenvalue weighted by atomic mass is 32.2. The maximum atomic E-state index is 12.9. The number of hydrogen-bond donors (Lipinski definition) is 1. The fourth-order valence-corrected chi connectivity index (χ4v) is 6.02. The van der Waals surface area contributed by atoms with E-state index < -0.39 is 25.8 Å². The molecular weight excluding hydrogens is 492 g/mol. The molecule has 1 saturated heterocycles. The molecule has 0 saturated carbocycles. The molecule has 1 aliphatic rings. The smallest absolute Gasteiger partial charge is 0.322 e. The fourth-order valence-electron chi connectivity index (χ4n) is 3.92. The molecule has 0 unspecified atom stereocenters. The second-order valence-corrected chi connectivity index (χ2v) is 12.6. The predicted octanol–water partition coefficient (Wildman–Crippen LogP) is 2.80. The molecule has 3 aromatic rings. The van der Waals surface area contributed by atoms with Gasteiger partial charge in [-0.3, -0.25) is 10.1 Å². The van der Waals surface area contributed by atoms with Crippen molar-refractivity contribution >= 4 is 31.8 Å². The summed E-state index contributed by atoms with van der Waals surface area (Å²) in [5, 5.41) is 10.6. The number of anilines is 1. The molecule has 4 rings (SSSR count). The van der Waals surface area contributed by atoms with Crippen molar-refractivity contribution in [2.75, 3.05) is 24.7 Å². The average molecular weight is 519 g/mol. The van der Waals surface area contributed by atoms with E-state index in [4.69, 9.17) is 4.42 Å². The summed E-state index contributed by atoms with van der Waals surface area (Å²) in [6, 6.07) is 11.0. The topological polar surface area (TPSA) is 140 Å². The van der Waals surface area contributed by atoms with E-state index in [9.17, 15) is 21.6 Å². The number of rotatable bonds is 6. The Balaban J connectivity index is 1.38. The van der Waals surface area contributed by atoms with Crippen LogP contribution in [-0.4, -0.2) is 56.6 Å². The Hall–Kier alpha value is -3.09. The molecule has 35 heavy (non-hydrogen) atoms. The molecule has 186 valence electrons. The maximum Gasteiger partial charge on any atom is 0.322 e. The van der Waals surface area contributed by atoms with Gasteiger partial charge in [0.1, 0.15) is 0 Å². The van der Waals surface area contributed by atoms with Gasteiger partial charge in [0.15, 0.2) is 9.84 Å². The number of carbonyl (C=O) groups excluding carboxylic acids is 1. The Morgan fingerprint density at radius 3 is 2.23 bits per heavy atom. The van der Waals surface area contributed by atoms with Crippen LogP contribution in [0, 0.1) is 19.8 Å². The van der Waals surface area contributed by atoms with Crippen molar-refractivity contribution in [3.8, 4) is 11.5 Å². The third-order valence-corrected chi connectivity index (χ3v) is 9.03. The number of aromatic nitrogens is 2. The third kappa shape index (κ3) is 5.44. The van der Waals surface area contributed by atoms with E-state index in [0.717, 1.165) is 22.9 Å². The van der Waals surface area contributed by atoms with E-state index in [1.54, 1.807) is 0 Å². The van der Waals surface area contributed by atoms with Gasteiger partial charge in [-0.1, -0.05) is 22.8 Å². The number of piperidine rings is 1. The molecule has 0 spiro atoms. The Morgan fingerprint density at radius 2 is 1.60 bits per heavy atom. The summed E-state index contributed by atoms with van der Waals surface area (Å²) in [5.74, 6) is -0.412. The summed E-state index contributed by atoms with van der Waals surface area (Å²) >= 11 is 0. The van der Waals surface area contributed by atoms with Crippen LogP contribution in [0.5, 0.6) is 0 Å². The van der Waals surface area contributed by atoms with Gasteiger partial charge in [-0.05, 0) is 62.6 Å². The van der Waals surface area contributed by atoms with E-state index in [0.29, 0.717) is 18.7 Å². The van der Waals surface area contributed by atoms with Gasteiger partial charge < -0.3 is 4.42 Å². The van der Waals surface area contributed by atoms with Gasteiger partial charge in [-0.25, -0.2) is 16.8 Å². The minimum absolute atomic E-state index is 0.00748. The van der Waals surface area contributed by atoms with Crippen LogP contribution >= 0.6 is 0 Å². The second kappa shape index (κ2) is 9.51. The average Bonchev–Trinajstić information content (AvgIpc) is 3.28. The van der Waals surface area contributed by atoms with E-state index >= 15 is 0 Å². The number of nitrogens with zero attached hydrogens (tertiary/aromatic N) is 3. The monoisotopic (exact) mass is 518 g/mol. The Morgan fingerprint density at radius 1 is 0.971 bits per heavy atom. The van der Waals surface area contributed by atoms with Crippen LogP contribution in [0.25, 0.3) is 11.5 Å². The molecule has 10 nitrogen and oxygen atoms in total. The van der Waals surface area contributed by atoms with Crippen molar-refractivity contribution < 1.29 is 26.0 Å². The molecule has 1 N–H and O–H groups in total. The molecule has 1 aliphatic heterocycles. The molecule has 1 aromatic heterocycles. The molecule has 0 atom stereocenters. The quantitative estimate of drug-likeness (QED) is 0.525. The minimum atomic E-state index is -3.80. The lowest BCUT2D eigenvalue weighted by atomic mass is 9.97. The molecular formula is C23H26N4O6S2. The number of sulfone groups is 1. The van der Waals surface area contributed by atoms with Crippen molar-refractivity contribution in [2.45, 2.75) is 36.5 Å². The summed E-state index contributed by atoms with van der Waals surface area (Å²) in [5.41, 5.74) is 2.81. The first-order valence-electron chi connectivity index (χ1n) is 11.0. The molecule has 1 amide bonds. The standard InChI is InChI=1S/C23H26N4O6S2/c1-15-4-5-16(2)20(14-15)22-25-26-23(33-22)24-21(28)17-10-12-27(13-11-17)35(31,32)19-8-6-18(7-9-19)34(3,29)30/h4-9,14,17H,10-13H2,1-3H3,(H,24,26,28). The van der Waals surface area contributed by atoms with Gasteiger partial charge in [0.05, 0.1) is 9.79 Å². The van der Waals surface area contributed by atoms with Crippen LogP contribution in [0.1, 0.15) is 24.0 Å². The van der Waals surface area contributed by atoms with Crippen molar-refractivity contribution in [3.63, 3.8) is 0 Å². The molecule has 0 aliphatic carbocycles. The van der Waals surface area contributed by atoms with E-state index in [1.807, 2.05) is 32.0 Å². The van der Waals surface area contributed by atoms with Crippen LogP contribution in [0.2, 0.25) is 0 Å². The van der Waals surface area contributed by atoms with Crippen LogP contribution in [0.15, 0.2) is 56.7 Å². The number of hydrogen-bond acceptors (Lipinski definition) is 8. The van der Waals surface area contributed by atoms with Crippen molar-refractivity contribution in [2.24, 2.45) is 5.92 Å². The summed E-state index contributed by atoms with van der Waals surface area (Å²) in [7, 11) is -7.22. The lowest BCUT2D eigenvalue weighted by Crippen LogP contribution is -2.41. The molecule has 2 aromatic carbocycles. The lowest BCUT2D eigenvalue weighted by Gasteiger charge is -2.30. The summed E-state index contributed by atoms with van der Waals surface area (Å²) < 4.78 is 56.1. The first-order valence-corrected chi connectivity index (χ1v) is 14.3. The molecule has 1 fully saturated rings. The van der Waals surface area contributed by atoms with Gasteiger partial charge in [-0.2, -0.15) is 4.31 Å². The van der Waals surface area contributed by atoms with E-state index in [-0.39, 0.29) is 34.8 Å². The third-order valence-electron chi connectivity index (χ3n) is 5.99. The molecule has 2 heterocycles. The number of sulfonamides is 1. The minimum Gasteiger partial charge on any atom is -0.403 e. The molecule has 0 radical (unpaired) electrons. The maximum absolute atomic E-state index is 12.9. The van der Waals surface area contributed by atoms with Crippen LogP contribution in [0.4, 0.5) is 6.01 Å². The first-order chi connectivity index (χ1) is 16.4. The van der Waals surface area contributed by atoms with Crippen LogP contribution in [-0.2, 0) is 24.7 Å². The van der Waals surface area contributed by atoms with Gasteiger partial charge in [0.25, 0.3) is 0 Å². The van der Waals surface area contributed by atoms with E-state index in [1.165, 1.54) is 28.6 Å². The number of benzene rings is 2. The highest BCUT2D eigenvalue weighted by molar-refractivity contribution is 7.90. The number of nitrogens with one attached hydrogen (secondary N) is 1. The zero-order valence-corrected chi connectivity index (χ0v) is 21.2. The fraction of sp³-hybridized carbons (Fsp3) is 0.348. The van der Waals surface area contributed by atoms with Gasteiger partial charge in [0, 0.05) is 30.8 Å². The Kier molecular flexibility index (Phi) is 6.80.